The zero-order chi connectivity index (χ0) is 12.5. The highest BCUT2D eigenvalue weighted by atomic mass is 79.9. The first kappa shape index (κ1) is 14.2. The van der Waals surface area contributed by atoms with E-state index in [-0.39, 0.29) is 23.0 Å². The van der Waals surface area contributed by atoms with Crippen LogP contribution in [0.15, 0.2) is 23.2 Å². The monoisotopic (exact) mass is 324 g/mol. The summed E-state index contributed by atoms with van der Waals surface area (Å²) in [5.74, 6) is 0.212. The Morgan fingerprint density at radius 3 is 3.11 bits per heavy atom. The number of esters is 1. The first-order valence-electron chi connectivity index (χ1n) is 6.28. The highest BCUT2D eigenvalue weighted by Crippen LogP contribution is 2.33. The number of rotatable bonds is 1. The molecule has 1 fully saturated rings. The van der Waals surface area contributed by atoms with Gasteiger partial charge in [-0.25, -0.2) is 4.79 Å². The number of hydrogen-bond acceptors (Lipinski definition) is 4. The Kier molecular flexibility index (Phi) is 4.37. The molecule has 1 atom stereocenters. The van der Waals surface area contributed by atoms with E-state index in [0.29, 0.717) is 11.5 Å². The van der Waals surface area contributed by atoms with Crippen molar-refractivity contribution in [1.82, 2.24) is 5.32 Å². The van der Waals surface area contributed by atoms with Crippen molar-refractivity contribution < 1.29 is 9.53 Å². The number of carbonyl (C=O) groups excluding carboxylic acids is 1. The fraction of sp³-hybridized carbons (Fsp3) is 0.429. The normalized spacial score (nSPS) is 20.5. The minimum atomic E-state index is -0.264. The lowest BCUT2D eigenvalue weighted by Gasteiger charge is -2.30. The SMILES string of the molecule is Br.COC(=O)c1cccc2c1CC1CCNCC1=N2. The molecule has 2 aliphatic heterocycles. The smallest absolute Gasteiger partial charge is 0.338 e. The maximum Gasteiger partial charge on any atom is 0.338 e. The van der Waals surface area contributed by atoms with E-state index in [9.17, 15) is 4.79 Å². The third kappa shape index (κ3) is 2.58. The summed E-state index contributed by atoms with van der Waals surface area (Å²) in [5, 5.41) is 3.34. The molecule has 0 saturated carbocycles. The van der Waals surface area contributed by atoms with E-state index < -0.39 is 0 Å². The maximum absolute atomic E-state index is 11.8. The van der Waals surface area contributed by atoms with Crippen LogP contribution in [0.3, 0.4) is 0 Å². The van der Waals surface area contributed by atoms with Crippen molar-refractivity contribution in [1.29, 1.82) is 0 Å². The maximum atomic E-state index is 11.8. The molecule has 5 heteroatoms. The van der Waals surface area contributed by atoms with Gasteiger partial charge in [-0.05, 0) is 37.1 Å². The van der Waals surface area contributed by atoms with Gasteiger partial charge >= 0.3 is 5.97 Å². The van der Waals surface area contributed by atoms with Crippen molar-refractivity contribution in [3.8, 4) is 0 Å². The summed E-state index contributed by atoms with van der Waals surface area (Å²) in [5.41, 5.74) is 3.85. The number of piperidine rings is 1. The summed E-state index contributed by atoms with van der Waals surface area (Å²) in [6.45, 7) is 1.89. The van der Waals surface area contributed by atoms with E-state index in [1.807, 2.05) is 18.2 Å². The van der Waals surface area contributed by atoms with Crippen LogP contribution in [0.2, 0.25) is 0 Å². The van der Waals surface area contributed by atoms with E-state index in [4.69, 9.17) is 9.73 Å². The predicted molar refractivity (Wildman–Crippen MR) is 79.9 cm³/mol. The van der Waals surface area contributed by atoms with Gasteiger partial charge in [0, 0.05) is 18.2 Å². The lowest BCUT2D eigenvalue weighted by atomic mass is 9.84. The molecule has 1 aromatic rings. The molecule has 0 aliphatic carbocycles. The largest absolute Gasteiger partial charge is 0.465 e. The molecule has 1 N–H and O–H groups in total. The number of ether oxygens (including phenoxy) is 1. The van der Waals surface area contributed by atoms with Crippen LogP contribution in [-0.2, 0) is 11.2 Å². The van der Waals surface area contributed by atoms with Gasteiger partial charge in [-0.15, -0.1) is 17.0 Å². The number of halogens is 1. The molecule has 19 heavy (non-hydrogen) atoms. The van der Waals surface area contributed by atoms with Crippen LogP contribution in [-0.4, -0.2) is 31.9 Å². The van der Waals surface area contributed by atoms with Crippen LogP contribution in [0.4, 0.5) is 5.69 Å². The number of fused-ring (bicyclic) bond motifs is 2. The van der Waals surface area contributed by atoms with Gasteiger partial charge in [0.15, 0.2) is 0 Å². The predicted octanol–water partition coefficient (Wildman–Crippen LogP) is 2.29. The van der Waals surface area contributed by atoms with Crippen LogP contribution in [0.25, 0.3) is 0 Å². The second kappa shape index (κ2) is 5.84. The number of methoxy groups -OCH3 is 1. The van der Waals surface area contributed by atoms with Crippen LogP contribution < -0.4 is 5.32 Å². The molecule has 1 aromatic carbocycles. The second-order valence-electron chi connectivity index (χ2n) is 4.76. The minimum absolute atomic E-state index is 0. The average Bonchev–Trinajstić information content (AvgIpc) is 2.43. The van der Waals surface area contributed by atoms with E-state index in [2.05, 4.69) is 5.32 Å². The van der Waals surface area contributed by atoms with Crippen LogP contribution in [0.5, 0.6) is 0 Å². The van der Waals surface area contributed by atoms with Crippen molar-refractivity contribution in [2.45, 2.75) is 12.8 Å². The molecule has 0 bridgehead atoms. The Balaban J connectivity index is 0.00000133. The number of hydrogen-bond donors (Lipinski definition) is 1. The molecule has 2 heterocycles. The van der Waals surface area contributed by atoms with E-state index in [1.165, 1.54) is 12.8 Å². The average molecular weight is 325 g/mol. The van der Waals surface area contributed by atoms with Gasteiger partial charge in [0.1, 0.15) is 0 Å². The number of nitrogens with zero attached hydrogens (tertiary/aromatic N) is 1. The minimum Gasteiger partial charge on any atom is -0.465 e. The summed E-state index contributed by atoms with van der Waals surface area (Å²) < 4.78 is 4.84. The summed E-state index contributed by atoms with van der Waals surface area (Å²) >= 11 is 0. The Bertz CT molecular complexity index is 528. The standard InChI is InChI=1S/C14H16N2O2.BrH/c1-18-14(17)10-3-2-4-12-11(10)7-9-5-6-15-8-13(9)16-12;/h2-4,9,15H,5-8H2,1H3;1H. The van der Waals surface area contributed by atoms with Gasteiger partial charge < -0.3 is 10.1 Å². The third-order valence-electron chi connectivity index (χ3n) is 3.72. The fourth-order valence-corrected chi connectivity index (χ4v) is 2.75. The number of nitrogens with one attached hydrogen (secondary N) is 1. The zero-order valence-corrected chi connectivity index (χ0v) is 12.5. The van der Waals surface area contributed by atoms with E-state index in [1.54, 1.807) is 0 Å². The van der Waals surface area contributed by atoms with Crippen LogP contribution in [0, 0.1) is 5.92 Å². The van der Waals surface area contributed by atoms with Crippen molar-refractivity contribution in [3.63, 3.8) is 0 Å². The first-order chi connectivity index (χ1) is 8.79. The van der Waals surface area contributed by atoms with Crippen LogP contribution in [0.1, 0.15) is 22.3 Å². The number of aliphatic imine (C=N–C) groups is 1. The molecule has 2 aliphatic rings. The summed E-state index contributed by atoms with van der Waals surface area (Å²) in [6, 6.07) is 5.66. The summed E-state index contributed by atoms with van der Waals surface area (Å²) in [4.78, 5) is 16.5. The first-order valence-corrected chi connectivity index (χ1v) is 6.28. The number of carbonyl (C=O) groups is 1. The third-order valence-corrected chi connectivity index (χ3v) is 3.72. The van der Waals surface area contributed by atoms with Gasteiger partial charge in [-0.1, -0.05) is 6.07 Å². The Morgan fingerprint density at radius 1 is 1.47 bits per heavy atom. The molecular formula is C14H17BrN2O2. The van der Waals surface area contributed by atoms with Gasteiger partial charge in [-0.3, -0.25) is 4.99 Å². The quantitative estimate of drug-likeness (QED) is 0.806. The summed E-state index contributed by atoms with van der Waals surface area (Å²) in [7, 11) is 1.42. The summed E-state index contributed by atoms with van der Waals surface area (Å²) in [6.07, 6.45) is 1.99. The Labute approximate surface area is 123 Å². The zero-order valence-electron chi connectivity index (χ0n) is 10.8. The fourth-order valence-electron chi connectivity index (χ4n) is 2.75. The lowest BCUT2D eigenvalue weighted by molar-refractivity contribution is 0.0599. The molecule has 0 spiro atoms. The van der Waals surface area contributed by atoms with Gasteiger partial charge in [0.25, 0.3) is 0 Å². The highest BCUT2D eigenvalue weighted by Gasteiger charge is 2.28. The van der Waals surface area contributed by atoms with E-state index in [0.717, 1.165) is 37.2 Å². The lowest BCUT2D eigenvalue weighted by Crippen LogP contribution is -2.39. The highest BCUT2D eigenvalue weighted by molar-refractivity contribution is 8.93. The second-order valence-corrected chi connectivity index (χ2v) is 4.76. The molecule has 0 radical (unpaired) electrons. The topological polar surface area (TPSA) is 50.7 Å². The molecule has 0 aromatic heterocycles. The molecule has 102 valence electrons. The molecule has 3 rings (SSSR count). The Hall–Kier alpha value is -1.20. The van der Waals surface area contributed by atoms with Gasteiger partial charge in [0.05, 0.1) is 18.4 Å². The van der Waals surface area contributed by atoms with Gasteiger partial charge in [0.2, 0.25) is 0 Å². The molecule has 4 nitrogen and oxygen atoms in total. The van der Waals surface area contributed by atoms with E-state index >= 15 is 0 Å². The molecule has 1 saturated heterocycles. The van der Waals surface area contributed by atoms with Crippen LogP contribution >= 0.6 is 17.0 Å². The van der Waals surface area contributed by atoms with Crippen molar-refractivity contribution >= 4 is 34.3 Å². The van der Waals surface area contributed by atoms with Crippen molar-refractivity contribution in [2.24, 2.45) is 10.9 Å². The van der Waals surface area contributed by atoms with Crippen molar-refractivity contribution in [2.75, 3.05) is 20.2 Å². The molecule has 0 amide bonds. The van der Waals surface area contributed by atoms with Gasteiger partial charge in [-0.2, -0.15) is 0 Å². The Morgan fingerprint density at radius 2 is 2.32 bits per heavy atom. The number of benzene rings is 1. The van der Waals surface area contributed by atoms with Crippen molar-refractivity contribution in [3.05, 3.63) is 29.3 Å². The molecule has 1 unspecified atom stereocenters. The molecular weight excluding hydrogens is 308 g/mol.